The maximum absolute atomic E-state index is 4.99. The molecule has 2 aromatic carbocycles. The third-order valence-electron chi connectivity index (χ3n) is 4.77. The zero-order chi connectivity index (χ0) is 16.9. The van der Waals surface area contributed by atoms with Crippen LogP contribution in [0.1, 0.15) is 43.6 Å². The highest BCUT2D eigenvalue weighted by molar-refractivity contribution is 9.10. The van der Waals surface area contributed by atoms with E-state index in [1.54, 1.807) is 0 Å². The molecule has 4 nitrogen and oxygen atoms in total. The molecule has 0 amide bonds. The van der Waals surface area contributed by atoms with Gasteiger partial charge in [-0.25, -0.2) is 4.98 Å². The molecule has 1 unspecified atom stereocenters. The van der Waals surface area contributed by atoms with E-state index in [9.17, 15) is 0 Å². The summed E-state index contributed by atoms with van der Waals surface area (Å²) in [6, 6.07) is 14.0. The number of hydrogen-bond donors (Lipinski definition) is 0. The number of benzene rings is 2. The van der Waals surface area contributed by atoms with Crippen molar-refractivity contribution in [2.24, 2.45) is 4.99 Å². The molecule has 0 fully saturated rings. The minimum atomic E-state index is -0.235. The Hall–Kier alpha value is -2.14. The summed E-state index contributed by atoms with van der Waals surface area (Å²) in [6.07, 6.45) is 0. The molecule has 2 heterocycles. The lowest BCUT2D eigenvalue weighted by Gasteiger charge is -2.35. The smallest absolute Gasteiger partial charge is 0.201 e. The molecule has 0 aliphatic carbocycles. The monoisotopic (exact) mass is 380 g/mol. The van der Waals surface area contributed by atoms with Crippen LogP contribution in [0, 0.1) is 0 Å². The normalized spacial score (nSPS) is 19.0. The van der Waals surface area contributed by atoms with E-state index < -0.39 is 0 Å². The van der Waals surface area contributed by atoms with Crippen molar-refractivity contribution in [3.63, 3.8) is 0 Å². The van der Waals surface area contributed by atoms with Crippen molar-refractivity contribution in [1.82, 2.24) is 15.2 Å². The van der Waals surface area contributed by atoms with Crippen LogP contribution in [-0.4, -0.2) is 26.4 Å². The zero-order valence-corrected chi connectivity index (χ0v) is 15.4. The number of aromatic nitrogens is 3. The highest BCUT2D eigenvalue weighted by Gasteiger charge is 2.36. The van der Waals surface area contributed by atoms with Crippen LogP contribution in [0.5, 0.6) is 0 Å². The molecule has 1 aromatic heterocycles. The Kier molecular flexibility index (Phi) is 3.49. The number of nitrogens with zero attached hydrogens (tertiary/aromatic N) is 4. The molecule has 0 N–H and O–H groups in total. The second kappa shape index (κ2) is 5.45. The fourth-order valence-corrected chi connectivity index (χ4v) is 3.84. The average Bonchev–Trinajstić information content (AvgIpc) is 2.58. The van der Waals surface area contributed by atoms with Crippen LogP contribution >= 0.6 is 15.9 Å². The highest BCUT2D eigenvalue weighted by Crippen LogP contribution is 2.41. The topological polar surface area (TPSA) is 51.0 Å². The van der Waals surface area contributed by atoms with Crippen molar-refractivity contribution >= 4 is 32.7 Å². The SMILES string of the molecule is CC1c2c(Br)cccc2C(c2nnc3ccccc3n2)=NC1(C)C. The Bertz CT molecular complexity index is 978. The van der Waals surface area contributed by atoms with Crippen molar-refractivity contribution in [1.29, 1.82) is 0 Å². The van der Waals surface area contributed by atoms with E-state index in [0.29, 0.717) is 11.7 Å². The second-order valence-corrected chi connectivity index (χ2v) is 7.52. The van der Waals surface area contributed by atoms with Crippen molar-refractivity contribution < 1.29 is 0 Å². The number of aliphatic imine (C=N–C) groups is 1. The number of rotatable bonds is 1. The van der Waals surface area contributed by atoms with E-state index in [-0.39, 0.29) is 5.54 Å². The summed E-state index contributed by atoms with van der Waals surface area (Å²) in [4.78, 5) is 9.68. The number of hydrogen-bond acceptors (Lipinski definition) is 4. The maximum atomic E-state index is 4.99. The van der Waals surface area contributed by atoms with Gasteiger partial charge in [0.05, 0.1) is 11.1 Å². The lowest BCUT2D eigenvalue weighted by atomic mass is 9.78. The Balaban J connectivity index is 1.97. The van der Waals surface area contributed by atoms with Crippen LogP contribution in [-0.2, 0) is 0 Å². The van der Waals surface area contributed by atoms with Gasteiger partial charge < -0.3 is 0 Å². The first-order chi connectivity index (χ1) is 11.5. The summed E-state index contributed by atoms with van der Waals surface area (Å²) in [5.41, 5.74) is 4.53. The first-order valence-corrected chi connectivity index (χ1v) is 8.75. The van der Waals surface area contributed by atoms with E-state index in [4.69, 9.17) is 9.98 Å². The first kappa shape index (κ1) is 15.4. The average molecular weight is 381 g/mol. The Morgan fingerprint density at radius 2 is 1.71 bits per heavy atom. The lowest BCUT2D eigenvalue weighted by Crippen LogP contribution is -2.34. The molecule has 1 aliphatic rings. The van der Waals surface area contributed by atoms with Gasteiger partial charge in [-0.2, -0.15) is 0 Å². The first-order valence-electron chi connectivity index (χ1n) is 7.96. The van der Waals surface area contributed by atoms with Gasteiger partial charge in [-0.05, 0) is 37.6 Å². The molecule has 0 saturated carbocycles. The van der Waals surface area contributed by atoms with Crippen LogP contribution in [0.2, 0.25) is 0 Å². The molecular weight excluding hydrogens is 364 g/mol. The van der Waals surface area contributed by atoms with Gasteiger partial charge in [-0.15, -0.1) is 10.2 Å². The highest BCUT2D eigenvalue weighted by atomic mass is 79.9. The fraction of sp³-hybridized carbons (Fsp3) is 0.263. The Labute approximate surface area is 149 Å². The summed E-state index contributed by atoms with van der Waals surface area (Å²) < 4.78 is 1.10. The molecule has 1 atom stereocenters. The van der Waals surface area contributed by atoms with Crippen molar-refractivity contribution in [2.45, 2.75) is 32.2 Å². The maximum Gasteiger partial charge on any atom is 0.201 e. The van der Waals surface area contributed by atoms with Gasteiger partial charge in [0.2, 0.25) is 5.82 Å². The van der Waals surface area contributed by atoms with E-state index >= 15 is 0 Å². The van der Waals surface area contributed by atoms with E-state index in [0.717, 1.165) is 26.8 Å². The number of fused-ring (bicyclic) bond motifs is 2. The summed E-state index contributed by atoms with van der Waals surface area (Å²) >= 11 is 3.70. The standard InChI is InChI=1S/C19H17BrN4/c1-11-16-12(7-6-8-13(16)20)17(22-19(11,2)3)18-21-14-9-4-5-10-15(14)23-24-18/h4-11H,1-3H3. The molecule has 24 heavy (non-hydrogen) atoms. The summed E-state index contributed by atoms with van der Waals surface area (Å²) in [5, 5.41) is 8.66. The van der Waals surface area contributed by atoms with Gasteiger partial charge in [-0.3, -0.25) is 4.99 Å². The van der Waals surface area contributed by atoms with Crippen molar-refractivity contribution in [2.75, 3.05) is 0 Å². The quantitative estimate of drug-likeness (QED) is 0.623. The molecule has 5 heteroatoms. The van der Waals surface area contributed by atoms with Gasteiger partial charge in [0.15, 0.2) is 0 Å². The van der Waals surface area contributed by atoms with Crippen molar-refractivity contribution in [3.8, 4) is 0 Å². The lowest BCUT2D eigenvalue weighted by molar-refractivity contribution is 0.430. The molecule has 0 spiro atoms. The fourth-order valence-electron chi connectivity index (χ4n) is 3.13. The molecule has 3 aromatic rings. The summed E-state index contributed by atoms with van der Waals surface area (Å²) in [6.45, 7) is 6.51. The molecule has 4 rings (SSSR count). The van der Waals surface area contributed by atoms with Crippen LogP contribution in [0.3, 0.4) is 0 Å². The minimum Gasteiger partial charge on any atom is -0.274 e. The predicted molar refractivity (Wildman–Crippen MR) is 99.6 cm³/mol. The molecule has 0 radical (unpaired) electrons. The van der Waals surface area contributed by atoms with Gasteiger partial charge in [0.25, 0.3) is 0 Å². The largest absolute Gasteiger partial charge is 0.274 e. The van der Waals surface area contributed by atoms with Crippen LogP contribution in [0.25, 0.3) is 11.0 Å². The molecule has 120 valence electrons. The number of para-hydroxylation sites is 1. The Morgan fingerprint density at radius 1 is 0.958 bits per heavy atom. The van der Waals surface area contributed by atoms with Gasteiger partial charge in [-0.1, -0.05) is 47.1 Å². The van der Waals surface area contributed by atoms with Crippen LogP contribution < -0.4 is 0 Å². The van der Waals surface area contributed by atoms with Gasteiger partial charge in [0, 0.05) is 16.0 Å². The molecule has 0 bridgehead atoms. The van der Waals surface area contributed by atoms with Crippen molar-refractivity contribution in [3.05, 3.63) is 63.9 Å². The Morgan fingerprint density at radius 3 is 2.50 bits per heavy atom. The third kappa shape index (κ3) is 2.35. The number of halogens is 1. The van der Waals surface area contributed by atoms with E-state index in [1.807, 2.05) is 30.3 Å². The third-order valence-corrected chi connectivity index (χ3v) is 5.46. The molecule has 1 aliphatic heterocycles. The van der Waals surface area contributed by atoms with E-state index in [1.165, 1.54) is 5.56 Å². The molecular formula is C19H17BrN4. The minimum absolute atomic E-state index is 0.235. The predicted octanol–water partition coefficient (Wildman–Crippen LogP) is 4.52. The summed E-state index contributed by atoms with van der Waals surface area (Å²) in [7, 11) is 0. The second-order valence-electron chi connectivity index (χ2n) is 6.66. The van der Waals surface area contributed by atoms with Crippen LogP contribution in [0.15, 0.2) is 51.9 Å². The van der Waals surface area contributed by atoms with Gasteiger partial charge in [0.1, 0.15) is 11.2 Å². The van der Waals surface area contributed by atoms with Gasteiger partial charge >= 0.3 is 0 Å². The zero-order valence-electron chi connectivity index (χ0n) is 13.8. The summed E-state index contributed by atoms with van der Waals surface area (Å²) in [5.74, 6) is 0.869. The van der Waals surface area contributed by atoms with E-state index in [2.05, 4.69) is 59.0 Å². The molecule has 0 saturated heterocycles. The van der Waals surface area contributed by atoms with Crippen LogP contribution in [0.4, 0.5) is 0 Å².